The summed E-state index contributed by atoms with van der Waals surface area (Å²) in [5, 5.41) is 3.75. The Morgan fingerprint density at radius 3 is 2.55 bits per heavy atom. The van der Waals surface area contributed by atoms with Crippen molar-refractivity contribution in [3.63, 3.8) is 0 Å². The third kappa shape index (κ3) is 3.75. The first kappa shape index (κ1) is 15.4. The Labute approximate surface area is 132 Å². The molecule has 3 nitrogen and oxygen atoms in total. The van der Waals surface area contributed by atoms with E-state index in [9.17, 15) is 8.42 Å². The van der Waals surface area contributed by atoms with Crippen LogP contribution in [0.5, 0.6) is 0 Å². The van der Waals surface area contributed by atoms with Gasteiger partial charge >= 0.3 is 0 Å². The van der Waals surface area contributed by atoms with Gasteiger partial charge in [-0.15, -0.1) is 0 Å². The molecular weight excluding hydrogens is 362 g/mol. The summed E-state index contributed by atoms with van der Waals surface area (Å²) in [4.78, 5) is 0.285. The molecule has 2 aromatic rings. The molecule has 20 heavy (non-hydrogen) atoms. The highest BCUT2D eigenvalue weighted by Gasteiger charge is 2.12. The van der Waals surface area contributed by atoms with Gasteiger partial charge < -0.3 is 5.32 Å². The number of sulfone groups is 1. The van der Waals surface area contributed by atoms with Crippen LogP contribution in [0, 0.1) is 0 Å². The Hall–Kier alpha value is -1.04. The van der Waals surface area contributed by atoms with Crippen LogP contribution in [0.15, 0.2) is 51.8 Å². The van der Waals surface area contributed by atoms with E-state index < -0.39 is 9.84 Å². The van der Waals surface area contributed by atoms with Gasteiger partial charge in [0, 0.05) is 22.3 Å². The number of anilines is 1. The smallest absolute Gasteiger partial charge is 0.177 e. The second kappa shape index (κ2) is 6.16. The van der Waals surface area contributed by atoms with E-state index in [-0.39, 0.29) is 4.90 Å². The summed E-state index contributed by atoms with van der Waals surface area (Å²) in [7, 11) is -3.26. The largest absolute Gasteiger partial charge is 0.380 e. The van der Waals surface area contributed by atoms with E-state index in [1.165, 1.54) is 6.26 Å². The maximum absolute atomic E-state index is 11.7. The van der Waals surface area contributed by atoms with E-state index >= 15 is 0 Å². The Morgan fingerprint density at radius 2 is 1.90 bits per heavy atom. The van der Waals surface area contributed by atoms with Crippen molar-refractivity contribution in [1.29, 1.82) is 0 Å². The number of rotatable bonds is 4. The highest BCUT2D eigenvalue weighted by molar-refractivity contribution is 9.10. The zero-order chi connectivity index (χ0) is 14.8. The first-order valence-electron chi connectivity index (χ1n) is 5.85. The van der Waals surface area contributed by atoms with Gasteiger partial charge in [-0.2, -0.15) is 0 Å². The van der Waals surface area contributed by atoms with Gasteiger partial charge in [0.1, 0.15) is 0 Å². The number of hydrogen-bond donors (Lipinski definition) is 1. The van der Waals surface area contributed by atoms with Gasteiger partial charge in [0.15, 0.2) is 9.84 Å². The second-order valence-electron chi connectivity index (χ2n) is 4.36. The minimum atomic E-state index is -3.26. The van der Waals surface area contributed by atoms with Crippen LogP contribution < -0.4 is 5.32 Å². The second-order valence-corrected chi connectivity index (χ2v) is 7.66. The van der Waals surface area contributed by atoms with Crippen LogP contribution >= 0.6 is 27.5 Å². The standard InChI is InChI=1S/C14H13BrClNO2S/c1-20(18,19)14-5-3-2-4-13(14)17-9-10-6-7-11(15)8-12(10)16/h2-8,17H,9H2,1H3. The zero-order valence-corrected chi connectivity index (χ0v) is 13.9. The topological polar surface area (TPSA) is 46.2 Å². The molecule has 0 atom stereocenters. The lowest BCUT2D eigenvalue weighted by atomic mass is 10.2. The molecule has 0 fully saturated rings. The third-order valence-corrected chi connectivity index (χ3v) is 4.77. The first-order chi connectivity index (χ1) is 9.38. The van der Waals surface area contributed by atoms with Crippen molar-refractivity contribution in [2.45, 2.75) is 11.4 Å². The van der Waals surface area contributed by atoms with Crippen LogP contribution in [0.4, 0.5) is 5.69 Å². The molecule has 0 unspecified atom stereocenters. The van der Waals surface area contributed by atoms with E-state index in [0.29, 0.717) is 17.3 Å². The van der Waals surface area contributed by atoms with Crippen molar-refractivity contribution in [2.24, 2.45) is 0 Å². The van der Waals surface area contributed by atoms with Gasteiger partial charge in [-0.05, 0) is 29.8 Å². The van der Waals surface area contributed by atoms with E-state index in [0.717, 1.165) is 10.0 Å². The highest BCUT2D eigenvalue weighted by Crippen LogP contribution is 2.24. The fourth-order valence-electron chi connectivity index (χ4n) is 1.79. The van der Waals surface area contributed by atoms with Gasteiger partial charge in [-0.25, -0.2) is 8.42 Å². The molecule has 0 saturated carbocycles. The van der Waals surface area contributed by atoms with Crippen LogP contribution in [0.25, 0.3) is 0 Å². The van der Waals surface area contributed by atoms with Crippen LogP contribution in [0.3, 0.4) is 0 Å². The quantitative estimate of drug-likeness (QED) is 0.875. The molecule has 2 rings (SSSR count). The molecule has 0 bridgehead atoms. The zero-order valence-electron chi connectivity index (χ0n) is 10.7. The van der Waals surface area contributed by atoms with Crippen molar-refractivity contribution in [3.05, 3.63) is 57.5 Å². The molecule has 0 heterocycles. The van der Waals surface area contributed by atoms with Crippen molar-refractivity contribution in [3.8, 4) is 0 Å². The molecule has 0 aliphatic carbocycles. The highest BCUT2D eigenvalue weighted by atomic mass is 79.9. The minimum Gasteiger partial charge on any atom is -0.380 e. The molecule has 0 amide bonds. The van der Waals surface area contributed by atoms with E-state index in [1.807, 2.05) is 12.1 Å². The number of halogens is 2. The summed E-state index contributed by atoms with van der Waals surface area (Å²) in [5.41, 5.74) is 1.48. The number of para-hydroxylation sites is 1. The lowest BCUT2D eigenvalue weighted by Gasteiger charge is -2.11. The lowest BCUT2D eigenvalue weighted by molar-refractivity contribution is 0.602. The van der Waals surface area contributed by atoms with Gasteiger partial charge in [0.05, 0.1) is 10.6 Å². The van der Waals surface area contributed by atoms with Crippen LogP contribution in [0.1, 0.15) is 5.56 Å². The lowest BCUT2D eigenvalue weighted by Crippen LogP contribution is -2.06. The fourth-order valence-corrected chi connectivity index (χ4v) is 3.40. The van der Waals surface area contributed by atoms with Gasteiger partial charge in [-0.1, -0.05) is 45.7 Å². The molecule has 106 valence electrons. The SMILES string of the molecule is CS(=O)(=O)c1ccccc1NCc1ccc(Br)cc1Cl. The van der Waals surface area contributed by atoms with Crippen LogP contribution in [0.2, 0.25) is 5.02 Å². The van der Waals surface area contributed by atoms with E-state index in [4.69, 9.17) is 11.6 Å². The van der Waals surface area contributed by atoms with Crippen LogP contribution in [-0.2, 0) is 16.4 Å². The van der Waals surface area contributed by atoms with Crippen molar-refractivity contribution in [2.75, 3.05) is 11.6 Å². The molecule has 0 saturated heterocycles. The minimum absolute atomic E-state index is 0.285. The first-order valence-corrected chi connectivity index (χ1v) is 8.91. The summed E-state index contributed by atoms with van der Waals surface area (Å²) in [5.74, 6) is 0. The van der Waals surface area contributed by atoms with Crippen molar-refractivity contribution < 1.29 is 8.42 Å². The van der Waals surface area contributed by atoms with Crippen molar-refractivity contribution in [1.82, 2.24) is 0 Å². The predicted molar refractivity (Wildman–Crippen MR) is 86.0 cm³/mol. The van der Waals surface area contributed by atoms with Crippen LogP contribution in [-0.4, -0.2) is 14.7 Å². The maximum atomic E-state index is 11.7. The number of nitrogens with one attached hydrogen (secondary N) is 1. The normalized spacial score (nSPS) is 11.3. The van der Waals surface area contributed by atoms with E-state index in [2.05, 4.69) is 21.2 Å². The summed E-state index contributed by atoms with van der Waals surface area (Å²) in [6.07, 6.45) is 1.19. The number of benzene rings is 2. The third-order valence-electron chi connectivity index (χ3n) is 2.77. The molecular formula is C14H13BrClNO2S. The molecule has 0 spiro atoms. The Balaban J connectivity index is 2.24. The number of hydrogen-bond acceptors (Lipinski definition) is 3. The maximum Gasteiger partial charge on any atom is 0.177 e. The fraction of sp³-hybridized carbons (Fsp3) is 0.143. The van der Waals surface area contributed by atoms with Gasteiger partial charge in [-0.3, -0.25) is 0 Å². The Morgan fingerprint density at radius 1 is 1.20 bits per heavy atom. The van der Waals surface area contributed by atoms with Gasteiger partial charge in [0.25, 0.3) is 0 Å². The van der Waals surface area contributed by atoms with E-state index in [1.54, 1.807) is 30.3 Å². The average molecular weight is 375 g/mol. The summed E-state index contributed by atoms with van der Waals surface area (Å²) >= 11 is 9.48. The average Bonchev–Trinajstić information content (AvgIpc) is 2.37. The molecule has 1 N–H and O–H groups in total. The molecule has 0 aliphatic heterocycles. The molecule has 2 aromatic carbocycles. The molecule has 0 aromatic heterocycles. The van der Waals surface area contributed by atoms with Gasteiger partial charge in [0.2, 0.25) is 0 Å². The molecule has 6 heteroatoms. The monoisotopic (exact) mass is 373 g/mol. The predicted octanol–water partition coefficient (Wildman–Crippen LogP) is 4.12. The Kier molecular flexibility index (Phi) is 4.73. The van der Waals surface area contributed by atoms with Crippen molar-refractivity contribution >= 4 is 43.1 Å². The summed E-state index contributed by atoms with van der Waals surface area (Å²) < 4.78 is 24.3. The molecule has 0 aliphatic rings. The summed E-state index contributed by atoms with van der Waals surface area (Å²) in [6, 6.07) is 12.4. The Bertz CT molecular complexity index is 732. The molecule has 0 radical (unpaired) electrons. The summed E-state index contributed by atoms with van der Waals surface area (Å²) in [6.45, 7) is 0.457.